The Labute approximate surface area is 193 Å². The lowest BCUT2D eigenvalue weighted by Gasteiger charge is -2.13. The molecule has 1 aliphatic rings. The Balaban J connectivity index is 1.74. The van der Waals surface area contributed by atoms with Crippen LogP contribution in [0.25, 0.3) is 6.08 Å². The van der Waals surface area contributed by atoms with Gasteiger partial charge in [0.25, 0.3) is 11.1 Å². The van der Waals surface area contributed by atoms with Crippen molar-refractivity contribution in [2.24, 2.45) is 0 Å². The van der Waals surface area contributed by atoms with E-state index in [4.69, 9.17) is 21.1 Å². The largest absolute Gasteiger partial charge is 0.493 e. The summed E-state index contributed by atoms with van der Waals surface area (Å²) in [4.78, 5) is 39.5. The van der Waals surface area contributed by atoms with E-state index in [0.717, 1.165) is 21.6 Å². The number of anilines is 1. The fourth-order valence-corrected chi connectivity index (χ4v) is 4.45. The first-order chi connectivity index (χ1) is 14.9. The topological polar surface area (TPSA) is 84.9 Å². The van der Waals surface area contributed by atoms with E-state index in [1.54, 1.807) is 30.0 Å². The number of imide groups is 1. The molecule has 0 radical (unpaired) electrons. The van der Waals surface area contributed by atoms with Crippen molar-refractivity contribution in [3.63, 3.8) is 0 Å². The molecule has 7 nitrogen and oxygen atoms in total. The molecule has 1 saturated heterocycles. The van der Waals surface area contributed by atoms with Gasteiger partial charge in [-0.05, 0) is 60.0 Å². The molecule has 0 aromatic heterocycles. The van der Waals surface area contributed by atoms with Crippen molar-refractivity contribution in [1.29, 1.82) is 0 Å². The zero-order chi connectivity index (χ0) is 22.5. The van der Waals surface area contributed by atoms with E-state index in [-0.39, 0.29) is 11.4 Å². The Bertz CT molecular complexity index is 1070. The van der Waals surface area contributed by atoms with Crippen molar-refractivity contribution in [3.8, 4) is 11.5 Å². The van der Waals surface area contributed by atoms with Crippen molar-refractivity contribution in [3.05, 3.63) is 51.9 Å². The van der Waals surface area contributed by atoms with Crippen molar-refractivity contribution < 1.29 is 23.9 Å². The van der Waals surface area contributed by atoms with Crippen LogP contribution in [0.3, 0.4) is 0 Å². The van der Waals surface area contributed by atoms with Crippen LogP contribution in [0.1, 0.15) is 5.56 Å². The molecular weight excluding hydrogens is 460 g/mol. The fraction of sp³-hybridized carbons (Fsp3) is 0.190. The number of halogens is 1. The summed E-state index contributed by atoms with van der Waals surface area (Å²) in [6.07, 6.45) is 3.46. The third-order valence-electron chi connectivity index (χ3n) is 4.28. The smallest absolute Gasteiger partial charge is 0.294 e. The second-order valence-electron chi connectivity index (χ2n) is 6.29. The Morgan fingerprint density at radius 3 is 2.68 bits per heavy atom. The maximum absolute atomic E-state index is 12.7. The quantitative estimate of drug-likeness (QED) is 0.453. The number of rotatable bonds is 7. The van der Waals surface area contributed by atoms with Crippen LogP contribution in [0.2, 0.25) is 5.02 Å². The molecule has 1 fully saturated rings. The van der Waals surface area contributed by atoms with Gasteiger partial charge in [-0.2, -0.15) is 0 Å². The second kappa shape index (κ2) is 10.1. The zero-order valence-corrected chi connectivity index (χ0v) is 19.3. The zero-order valence-electron chi connectivity index (χ0n) is 16.9. The number of amides is 3. The van der Waals surface area contributed by atoms with Gasteiger partial charge in [-0.1, -0.05) is 17.7 Å². The second-order valence-corrected chi connectivity index (χ2v) is 8.57. The SMILES string of the molecule is COc1cc(/C=C2\SC(=O)N(CC(=O)Nc3cccc(SC)c3)C2=O)cc(Cl)c1OC. The third kappa shape index (κ3) is 5.36. The van der Waals surface area contributed by atoms with E-state index in [2.05, 4.69) is 5.32 Å². The number of nitrogens with zero attached hydrogens (tertiary/aromatic N) is 1. The number of hydrogen-bond acceptors (Lipinski definition) is 7. The first-order valence-corrected chi connectivity index (χ1v) is 11.4. The predicted octanol–water partition coefficient (Wildman–Crippen LogP) is 4.75. The van der Waals surface area contributed by atoms with E-state index in [1.807, 2.05) is 24.5 Å². The molecule has 31 heavy (non-hydrogen) atoms. The minimum Gasteiger partial charge on any atom is -0.493 e. The summed E-state index contributed by atoms with van der Waals surface area (Å²) in [5.74, 6) is -0.242. The van der Waals surface area contributed by atoms with Crippen LogP contribution in [0.4, 0.5) is 10.5 Å². The Hall–Kier alpha value is -2.62. The van der Waals surface area contributed by atoms with E-state index < -0.39 is 17.1 Å². The Morgan fingerprint density at radius 1 is 1.23 bits per heavy atom. The number of methoxy groups -OCH3 is 2. The van der Waals surface area contributed by atoms with E-state index in [1.165, 1.54) is 20.3 Å². The highest BCUT2D eigenvalue weighted by molar-refractivity contribution is 8.18. The number of ether oxygens (including phenoxy) is 2. The van der Waals surface area contributed by atoms with Crippen LogP contribution in [0.5, 0.6) is 11.5 Å². The third-order valence-corrected chi connectivity index (χ3v) is 6.20. The van der Waals surface area contributed by atoms with E-state index >= 15 is 0 Å². The molecule has 10 heteroatoms. The molecule has 0 atom stereocenters. The molecule has 2 aromatic carbocycles. The Morgan fingerprint density at radius 2 is 2.00 bits per heavy atom. The van der Waals surface area contributed by atoms with Gasteiger partial charge >= 0.3 is 0 Å². The molecule has 1 heterocycles. The summed E-state index contributed by atoms with van der Waals surface area (Å²) < 4.78 is 10.5. The molecule has 0 unspecified atom stereocenters. The molecular formula is C21H19ClN2O5S2. The lowest BCUT2D eigenvalue weighted by atomic mass is 10.2. The molecule has 3 amide bonds. The highest BCUT2D eigenvalue weighted by atomic mass is 35.5. The minimum atomic E-state index is -0.547. The van der Waals surface area contributed by atoms with Gasteiger partial charge in [-0.3, -0.25) is 19.3 Å². The van der Waals surface area contributed by atoms with Crippen LogP contribution in [-0.2, 0) is 9.59 Å². The average molecular weight is 479 g/mol. The van der Waals surface area contributed by atoms with Crippen LogP contribution >= 0.6 is 35.1 Å². The molecule has 0 spiro atoms. The number of nitrogens with one attached hydrogen (secondary N) is 1. The Kier molecular flexibility index (Phi) is 7.53. The summed E-state index contributed by atoms with van der Waals surface area (Å²) in [5, 5.41) is 2.50. The van der Waals surface area contributed by atoms with E-state index in [9.17, 15) is 14.4 Å². The number of hydrogen-bond donors (Lipinski definition) is 1. The van der Waals surface area contributed by atoms with Gasteiger partial charge in [-0.15, -0.1) is 11.8 Å². The van der Waals surface area contributed by atoms with E-state index in [0.29, 0.717) is 27.8 Å². The van der Waals surface area contributed by atoms with Crippen LogP contribution in [-0.4, -0.2) is 49.0 Å². The fourth-order valence-electron chi connectivity index (χ4n) is 2.85. The van der Waals surface area contributed by atoms with Gasteiger partial charge in [-0.25, -0.2) is 0 Å². The van der Waals surface area contributed by atoms with Gasteiger partial charge in [0.1, 0.15) is 6.54 Å². The minimum absolute atomic E-state index is 0.186. The van der Waals surface area contributed by atoms with Crippen molar-refractivity contribution in [2.75, 3.05) is 32.3 Å². The van der Waals surface area contributed by atoms with Crippen molar-refractivity contribution in [1.82, 2.24) is 4.90 Å². The highest BCUT2D eigenvalue weighted by Crippen LogP contribution is 2.38. The summed E-state index contributed by atoms with van der Waals surface area (Å²) in [5.41, 5.74) is 1.16. The van der Waals surface area contributed by atoms with Gasteiger partial charge in [0.2, 0.25) is 5.91 Å². The van der Waals surface area contributed by atoms with Gasteiger partial charge in [0.15, 0.2) is 11.5 Å². The first-order valence-electron chi connectivity index (χ1n) is 8.97. The molecule has 2 aromatic rings. The van der Waals surface area contributed by atoms with Crippen LogP contribution in [0.15, 0.2) is 46.2 Å². The molecule has 0 aliphatic carbocycles. The van der Waals surface area contributed by atoms with Crippen molar-refractivity contribution >= 4 is 63.9 Å². The monoisotopic (exact) mass is 478 g/mol. The molecule has 3 rings (SSSR count). The number of carbonyl (C=O) groups excluding carboxylic acids is 3. The predicted molar refractivity (Wildman–Crippen MR) is 124 cm³/mol. The molecule has 162 valence electrons. The maximum Gasteiger partial charge on any atom is 0.294 e. The summed E-state index contributed by atoms with van der Waals surface area (Å²) in [7, 11) is 2.94. The normalized spacial score (nSPS) is 14.8. The lowest BCUT2D eigenvalue weighted by molar-refractivity contribution is -0.127. The van der Waals surface area contributed by atoms with Crippen molar-refractivity contribution in [2.45, 2.75) is 4.90 Å². The number of thioether (sulfide) groups is 2. The standard InChI is InChI=1S/C21H19ClN2O5S2/c1-28-16-8-12(7-15(22)19(16)29-2)9-17-20(26)24(21(27)31-17)11-18(25)23-13-5-4-6-14(10-13)30-3/h4-10H,11H2,1-3H3,(H,23,25)/b17-9-. The van der Waals surface area contributed by atoms with Gasteiger partial charge < -0.3 is 14.8 Å². The molecule has 1 aliphatic heterocycles. The molecule has 1 N–H and O–H groups in total. The molecule has 0 bridgehead atoms. The van der Waals surface area contributed by atoms with Gasteiger partial charge in [0, 0.05) is 10.6 Å². The number of benzene rings is 2. The maximum atomic E-state index is 12.7. The summed E-state index contributed by atoms with van der Waals surface area (Å²) in [6.45, 7) is -0.377. The van der Waals surface area contributed by atoms with Gasteiger partial charge in [0.05, 0.1) is 24.1 Å². The number of carbonyl (C=O) groups is 3. The summed E-state index contributed by atoms with van der Waals surface area (Å²) >= 11 is 8.51. The average Bonchev–Trinajstić information content (AvgIpc) is 3.00. The molecule has 0 saturated carbocycles. The lowest BCUT2D eigenvalue weighted by Crippen LogP contribution is -2.36. The van der Waals surface area contributed by atoms with Crippen LogP contribution in [0, 0.1) is 0 Å². The highest BCUT2D eigenvalue weighted by Gasteiger charge is 2.36. The summed E-state index contributed by atoms with van der Waals surface area (Å²) in [6, 6.07) is 10.5. The first kappa shape index (κ1) is 23.1. The van der Waals surface area contributed by atoms with Crippen LogP contribution < -0.4 is 14.8 Å².